The average Bonchev–Trinajstić information content (AvgIpc) is 3.43. The number of hydrogen-bond donors (Lipinski definition) is 6. The van der Waals surface area contributed by atoms with Gasteiger partial charge in [0.2, 0.25) is 25.9 Å². The van der Waals surface area contributed by atoms with Crippen LogP contribution in [0.5, 0.6) is 0 Å². The highest BCUT2D eigenvalue weighted by Crippen LogP contribution is 2.41. The Morgan fingerprint density at radius 2 is 1.91 bits per heavy atom. The van der Waals surface area contributed by atoms with Crippen LogP contribution in [0.15, 0.2) is 40.1 Å². The van der Waals surface area contributed by atoms with Crippen molar-refractivity contribution in [2.24, 2.45) is 5.14 Å². The van der Waals surface area contributed by atoms with Gasteiger partial charge in [-0.15, -0.1) is 10.2 Å². The van der Waals surface area contributed by atoms with Gasteiger partial charge in [0, 0.05) is 25.2 Å². The van der Waals surface area contributed by atoms with Crippen LogP contribution in [0.4, 0.5) is 5.13 Å². The van der Waals surface area contributed by atoms with Gasteiger partial charge >= 0.3 is 0 Å². The minimum atomic E-state index is -4.66. The van der Waals surface area contributed by atoms with Crippen molar-refractivity contribution in [2.75, 3.05) is 25.4 Å². The molecule has 1 fully saturated rings. The van der Waals surface area contributed by atoms with Crippen molar-refractivity contribution < 1.29 is 21.9 Å². The van der Waals surface area contributed by atoms with Gasteiger partial charge in [0.1, 0.15) is 15.4 Å². The predicted molar refractivity (Wildman–Crippen MR) is 127 cm³/mol. The van der Waals surface area contributed by atoms with E-state index in [0.29, 0.717) is 16.2 Å². The lowest BCUT2D eigenvalue weighted by Gasteiger charge is -2.37. The van der Waals surface area contributed by atoms with Gasteiger partial charge in [0.05, 0.1) is 15.8 Å². The molecule has 0 unspecified atom stereocenters. The number of aromatic nitrogens is 5. The summed E-state index contributed by atoms with van der Waals surface area (Å²) < 4.78 is 55.1. The van der Waals surface area contributed by atoms with Crippen LogP contribution < -0.4 is 20.9 Å². The maximum absolute atomic E-state index is 13.2. The molecule has 0 amide bonds. The lowest BCUT2D eigenvalue weighted by Crippen LogP contribution is -2.64. The summed E-state index contributed by atoms with van der Waals surface area (Å²) in [6.45, 7) is 0.0415. The third-order valence-electron chi connectivity index (χ3n) is 5.49. The van der Waals surface area contributed by atoms with Crippen LogP contribution in [-0.2, 0) is 20.0 Å². The van der Waals surface area contributed by atoms with Crippen molar-refractivity contribution in [1.29, 1.82) is 0 Å². The average molecular weight is 538 g/mol. The summed E-state index contributed by atoms with van der Waals surface area (Å²) in [5, 5.41) is 32.5. The number of aromatic amines is 1. The second kappa shape index (κ2) is 8.26. The van der Waals surface area contributed by atoms with E-state index in [-0.39, 0.29) is 36.6 Å². The number of β-amino-alcohol motifs (C(OH)–C–C–N with tert-alkyl or cyclic N) is 1. The first kappa shape index (κ1) is 23.7. The van der Waals surface area contributed by atoms with Crippen molar-refractivity contribution in [3.8, 4) is 22.5 Å². The number of benzene rings is 2. The first-order valence-corrected chi connectivity index (χ1v) is 13.8. The number of hydrogen-bond acceptors (Lipinski definition) is 12. The molecule has 0 spiro atoms. The largest absolute Gasteiger partial charge is 0.386 e. The number of rotatable bonds is 7. The van der Waals surface area contributed by atoms with Gasteiger partial charge in [-0.2, -0.15) is 5.21 Å². The fraction of sp³-hybridized carbons (Fsp3) is 0.222. The van der Waals surface area contributed by atoms with Crippen molar-refractivity contribution in [3.05, 3.63) is 30.3 Å². The maximum Gasteiger partial charge on any atom is 0.242 e. The Kier molecular flexibility index (Phi) is 5.59. The number of nitrogens with one attached hydrogen (secondary N) is 3. The Balaban J connectivity index is 1.78. The highest BCUT2D eigenvalue weighted by Gasteiger charge is 2.37. The minimum Gasteiger partial charge on any atom is -0.386 e. The minimum absolute atomic E-state index is 0.174. The number of aliphatic hydroxyl groups is 1. The van der Waals surface area contributed by atoms with Gasteiger partial charge in [0.15, 0.2) is 5.13 Å². The van der Waals surface area contributed by atoms with Crippen molar-refractivity contribution in [1.82, 2.24) is 35.6 Å². The molecule has 2 aromatic heterocycles. The van der Waals surface area contributed by atoms with Gasteiger partial charge in [-0.1, -0.05) is 29.5 Å². The van der Waals surface area contributed by atoms with Crippen LogP contribution in [0, 0.1) is 0 Å². The van der Waals surface area contributed by atoms with Gasteiger partial charge < -0.3 is 16.2 Å². The van der Waals surface area contributed by atoms with Gasteiger partial charge in [-0.05, 0) is 22.9 Å². The van der Waals surface area contributed by atoms with E-state index in [9.17, 15) is 21.9 Å². The number of H-pyrrole nitrogens is 1. The lowest BCUT2D eigenvalue weighted by molar-refractivity contribution is -0.00397. The highest BCUT2D eigenvalue weighted by atomic mass is 32.2. The molecule has 1 aliphatic rings. The topological polar surface area (TPSA) is 232 Å². The second-order valence-corrected chi connectivity index (χ2v) is 12.2. The molecule has 17 heteroatoms. The SMILES string of the molecule is Nc1nc2c(-c3ccc(S(=O)(=O)NCC4(O)CNC4)c(S(N)(=O)=O)c3-c3nn[nH]n3)cccc2s1. The maximum atomic E-state index is 13.2. The molecule has 1 saturated heterocycles. The number of primary sulfonamides is 1. The van der Waals surface area contributed by atoms with E-state index >= 15 is 0 Å². The molecule has 0 radical (unpaired) electrons. The number of thiazole rings is 1. The third-order valence-corrected chi connectivity index (χ3v) is 8.91. The third kappa shape index (κ3) is 4.27. The van der Waals surface area contributed by atoms with E-state index in [0.717, 1.165) is 10.8 Å². The van der Waals surface area contributed by atoms with E-state index in [1.807, 2.05) is 0 Å². The zero-order valence-electron chi connectivity index (χ0n) is 17.8. The fourth-order valence-electron chi connectivity index (χ4n) is 3.80. The Labute approximate surface area is 202 Å². The molecular weight excluding hydrogens is 518 g/mol. The van der Waals surface area contributed by atoms with Crippen LogP contribution in [-0.4, -0.2) is 72.8 Å². The second-order valence-electron chi connectivity index (χ2n) is 7.95. The van der Waals surface area contributed by atoms with Crippen molar-refractivity contribution in [3.63, 3.8) is 0 Å². The summed E-state index contributed by atoms with van der Waals surface area (Å²) in [6.07, 6.45) is 0. The number of nitrogens with zero attached hydrogens (tertiary/aromatic N) is 4. The zero-order valence-corrected chi connectivity index (χ0v) is 20.2. The van der Waals surface area contributed by atoms with E-state index < -0.39 is 35.4 Å². The number of para-hydroxylation sites is 1. The Morgan fingerprint density at radius 1 is 1.14 bits per heavy atom. The number of tetrazole rings is 1. The Morgan fingerprint density at radius 3 is 2.54 bits per heavy atom. The molecule has 0 atom stereocenters. The lowest BCUT2D eigenvalue weighted by atomic mass is 9.98. The molecule has 3 heterocycles. The monoisotopic (exact) mass is 537 g/mol. The molecule has 0 bridgehead atoms. The van der Waals surface area contributed by atoms with Crippen LogP contribution >= 0.6 is 11.3 Å². The van der Waals surface area contributed by atoms with E-state index in [1.54, 1.807) is 18.2 Å². The molecule has 5 rings (SSSR count). The molecule has 35 heavy (non-hydrogen) atoms. The summed E-state index contributed by atoms with van der Waals surface area (Å²) in [5.74, 6) is -0.192. The number of nitrogens with two attached hydrogens (primary N) is 2. The van der Waals surface area contributed by atoms with Crippen molar-refractivity contribution >= 4 is 46.7 Å². The number of anilines is 1. The smallest absolute Gasteiger partial charge is 0.242 e. The van der Waals surface area contributed by atoms with E-state index in [1.165, 1.54) is 17.4 Å². The first-order chi connectivity index (χ1) is 16.5. The zero-order chi connectivity index (χ0) is 25.0. The van der Waals surface area contributed by atoms with E-state index in [2.05, 4.69) is 35.6 Å². The molecule has 0 saturated carbocycles. The summed E-state index contributed by atoms with van der Waals surface area (Å²) in [7, 11) is -9.11. The Bertz CT molecular complexity index is 1650. The number of fused-ring (bicyclic) bond motifs is 1. The highest BCUT2D eigenvalue weighted by molar-refractivity contribution is 7.92. The van der Waals surface area contributed by atoms with Gasteiger partial charge in [-0.25, -0.2) is 31.7 Å². The van der Waals surface area contributed by atoms with Gasteiger partial charge in [0.25, 0.3) is 0 Å². The van der Waals surface area contributed by atoms with Crippen LogP contribution in [0.25, 0.3) is 32.7 Å². The molecular formula is C18H19N9O5S3. The summed E-state index contributed by atoms with van der Waals surface area (Å²) in [4.78, 5) is 2.99. The van der Waals surface area contributed by atoms with Crippen LogP contribution in [0.2, 0.25) is 0 Å². The van der Waals surface area contributed by atoms with Crippen LogP contribution in [0.3, 0.4) is 0 Å². The Hall–Kier alpha value is -3.06. The fourth-order valence-corrected chi connectivity index (χ4v) is 7.28. The molecule has 4 aromatic rings. The quantitative estimate of drug-likeness (QED) is 0.167. The normalized spacial score (nSPS) is 15.8. The standard InChI is InChI=1S/C18H19N9O5S3/c19-17-23-14-10(2-1-3-11(14)33-17)9-4-5-12(35(31,32)22-8-18(28)6-21-7-18)15(34(20,29)30)13(9)16-24-26-27-25-16/h1-5,21-22,28H,6-8H2,(H2,19,23)(H2,20,29,30)(H,24,25,26,27). The molecule has 184 valence electrons. The molecule has 2 aromatic carbocycles. The van der Waals surface area contributed by atoms with Gasteiger partial charge in [-0.3, -0.25) is 0 Å². The summed E-state index contributed by atoms with van der Waals surface area (Å²) >= 11 is 1.24. The molecule has 14 nitrogen and oxygen atoms in total. The summed E-state index contributed by atoms with van der Waals surface area (Å²) in [6, 6.07) is 7.74. The van der Waals surface area contributed by atoms with Crippen molar-refractivity contribution in [2.45, 2.75) is 15.4 Å². The van der Waals surface area contributed by atoms with Crippen LogP contribution in [0.1, 0.15) is 0 Å². The molecule has 8 N–H and O–H groups in total. The number of sulfonamides is 2. The number of nitrogen functional groups attached to an aromatic ring is 1. The summed E-state index contributed by atoms with van der Waals surface area (Å²) in [5.41, 5.74) is 5.62. The van der Waals surface area contributed by atoms with E-state index in [4.69, 9.17) is 10.9 Å². The molecule has 0 aliphatic carbocycles. The predicted octanol–water partition coefficient (Wildman–Crippen LogP) is -1.01. The first-order valence-electron chi connectivity index (χ1n) is 10.0. The molecule has 1 aliphatic heterocycles.